The maximum Gasteiger partial charge on any atom is 0.265 e. The van der Waals surface area contributed by atoms with Crippen molar-refractivity contribution in [3.05, 3.63) is 59.2 Å². The summed E-state index contributed by atoms with van der Waals surface area (Å²) in [4.78, 5) is 25.8. The van der Waals surface area contributed by atoms with Crippen molar-refractivity contribution in [2.45, 2.75) is 20.8 Å². The number of ether oxygens (including phenoxy) is 1. The third kappa shape index (κ3) is 3.74. The van der Waals surface area contributed by atoms with E-state index < -0.39 is 0 Å². The van der Waals surface area contributed by atoms with Crippen molar-refractivity contribution < 1.29 is 14.3 Å². The fourth-order valence-corrected chi connectivity index (χ4v) is 2.68. The van der Waals surface area contributed by atoms with Gasteiger partial charge in [0.15, 0.2) is 6.61 Å². The van der Waals surface area contributed by atoms with Gasteiger partial charge in [-0.25, -0.2) is 5.43 Å². The van der Waals surface area contributed by atoms with Crippen LogP contribution in [-0.2, 0) is 9.59 Å². The second-order valence-electron chi connectivity index (χ2n) is 6.27. The van der Waals surface area contributed by atoms with E-state index in [0.29, 0.717) is 17.1 Å². The van der Waals surface area contributed by atoms with Crippen LogP contribution in [0.25, 0.3) is 0 Å². The third-order valence-electron chi connectivity index (χ3n) is 4.38. The second-order valence-corrected chi connectivity index (χ2v) is 6.27. The Kier molecular flexibility index (Phi) is 5.02. The Morgan fingerprint density at radius 1 is 1.19 bits per heavy atom. The van der Waals surface area contributed by atoms with E-state index in [2.05, 4.69) is 10.5 Å². The maximum atomic E-state index is 12.3. The van der Waals surface area contributed by atoms with Crippen LogP contribution >= 0.6 is 0 Å². The lowest BCUT2D eigenvalue weighted by Gasteiger charge is -2.28. The number of rotatable bonds is 4. The van der Waals surface area contributed by atoms with Gasteiger partial charge < -0.3 is 4.74 Å². The van der Waals surface area contributed by atoms with Gasteiger partial charge in [0, 0.05) is 0 Å². The van der Waals surface area contributed by atoms with Crippen molar-refractivity contribution >= 4 is 23.2 Å². The van der Waals surface area contributed by atoms with Gasteiger partial charge in [-0.1, -0.05) is 24.3 Å². The van der Waals surface area contributed by atoms with Crippen LogP contribution in [-0.4, -0.2) is 30.7 Å². The highest BCUT2D eigenvalue weighted by molar-refractivity contribution is 6.03. The minimum atomic E-state index is -0.363. The standard InChI is InChI=1S/C20H21N3O3/c1-13-8-9-16(10-14(13)2)15(3)21-22-19(24)11-23-17-6-4-5-7-18(17)26-12-20(23)25/h4-10H,11-12H2,1-3H3,(H,22,24)/b21-15-. The molecule has 1 N–H and O–H groups in total. The highest BCUT2D eigenvalue weighted by atomic mass is 16.5. The van der Waals surface area contributed by atoms with Crippen LogP contribution in [0.1, 0.15) is 23.6 Å². The zero-order valence-electron chi connectivity index (χ0n) is 15.1. The zero-order chi connectivity index (χ0) is 18.7. The lowest BCUT2D eigenvalue weighted by molar-refractivity contribution is -0.125. The molecule has 6 nitrogen and oxygen atoms in total. The first-order valence-corrected chi connectivity index (χ1v) is 8.38. The number of carbonyl (C=O) groups is 2. The number of benzene rings is 2. The van der Waals surface area contributed by atoms with Gasteiger partial charge in [-0.2, -0.15) is 5.10 Å². The minimum Gasteiger partial charge on any atom is -0.482 e. The van der Waals surface area contributed by atoms with Crippen LogP contribution in [0, 0.1) is 13.8 Å². The third-order valence-corrected chi connectivity index (χ3v) is 4.38. The zero-order valence-corrected chi connectivity index (χ0v) is 15.1. The van der Waals surface area contributed by atoms with E-state index in [4.69, 9.17) is 4.74 Å². The molecule has 0 unspecified atom stereocenters. The van der Waals surface area contributed by atoms with Crippen molar-refractivity contribution in [1.29, 1.82) is 0 Å². The number of anilines is 1. The molecule has 1 aliphatic rings. The number of nitrogens with one attached hydrogen (secondary N) is 1. The summed E-state index contributed by atoms with van der Waals surface area (Å²) in [6, 6.07) is 13.2. The molecule has 6 heteroatoms. The van der Waals surface area contributed by atoms with Crippen LogP contribution in [0.3, 0.4) is 0 Å². The van der Waals surface area contributed by atoms with Gasteiger partial charge in [0.2, 0.25) is 0 Å². The van der Waals surface area contributed by atoms with Crippen molar-refractivity contribution in [1.82, 2.24) is 5.43 Å². The summed E-state index contributed by atoms with van der Waals surface area (Å²) in [5.74, 6) is -0.0262. The number of hydrogen-bond acceptors (Lipinski definition) is 4. The molecule has 134 valence electrons. The van der Waals surface area contributed by atoms with Gasteiger partial charge >= 0.3 is 0 Å². The van der Waals surface area contributed by atoms with E-state index in [1.807, 2.05) is 45.0 Å². The first-order chi connectivity index (χ1) is 12.5. The summed E-state index contributed by atoms with van der Waals surface area (Å²) in [6.45, 7) is 5.73. The monoisotopic (exact) mass is 351 g/mol. The Morgan fingerprint density at radius 3 is 2.73 bits per heavy atom. The molecule has 0 fully saturated rings. The number of aryl methyl sites for hydroxylation is 2. The van der Waals surface area contributed by atoms with Crippen molar-refractivity contribution in [3.8, 4) is 5.75 Å². The molecule has 0 saturated carbocycles. The Hall–Kier alpha value is -3.15. The average molecular weight is 351 g/mol. The molecule has 0 aliphatic carbocycles. The Morgan fingerprint density at radius 2 is 1.96 bits per heavy atom. The molecule has 1 heterocycles. The molecule has 0 bridgehead atoms. The van der Waals surface area contributed by atoms with Crippen LogP contribution in [0.2, 0.25) is 0 Å². The highest BCUT2D eigenvalue weighted by Crippen LogP contribution is 2.31. The predicted octanol–water partition coefficient (Wildman–Crippen LogP) is 2.57. The largest absolute Gasteiger partial charge is 0.482 e. The smallest absolute Gasteiger partial charge is 0.265 e. The van der Waals surface area contributed by atoms with Gasteiger partial charge in [-0.3, -0.25) is 14.5 Å². The van der Waals surface area contributed by atoms with E-state index in [9.17, 15) is 9.59 Å². The molecule has 0 atom stereocenters. The normalized spacial score (nSPS) is 13.9. The number of carbonyl (C=O) groups excluding carboxylic acids is 2. The first kappa shape index (κ1) is 17.7. The molecule has 0 aromatic heterocycles. The van der Waals surface area contributed by atoms with Crippen molar-refractivity contribution in [2.24, 2.45) is 5.10 Å². The van der Waals surface area contributed by atoms with Gasteiger partial charge in [-0.15, -0.1) is 0 Å². The molecule has 0 saturated heterocycles. The summed E-state index contributed by atoms with van der Waals surface area (Å²) in [5.41, 5.74) is 7.14. The van der Waals surface area contributed by atoms with Gasteiger partial charge in [0.05, 0.1) is 11.4 Å². The van der Waals surface area contributed by atoms with Crippen LogP contribution in [0.4, 0.5) is 5.69 Å². The number of fused-ring (bicyclic) bond motifs is 1. The molecular weight excluding hydrogens is 330 g/mol. The Balaban J connectivity index is 1.69. The number of nitrogens with zero attached hydrogens (tertiary/aromatic N) is 2. The summed E-state index contributed by atoms with van der Waals surface area (Å²) >= 11 is 0. The highest BCUT2D eigenvalue weighted by Gasteiger charge is 2.26. The molecule has 3 rings (SSSR count). The van der Waals surface area contributed by atoms with Crippen LogP contribution in [0.5, 0.6) is 5.75 Å². The maximum absolute atomic E-state index is 12.3. The first-order valence-electron chi connectivity index (χ1n) is 8.38. The number of hydrazone groups is 1. The molecule has 0 spiro atoms. The van der Waals surface area contributed by atoms with E-state index >= 15 is 0 Å². The lowest BCUT2D eigenvalue weighted by Crippen LogP contribution is -2.44. The van der Waals surface area contributed by atoms with E-state index in [1.54, 1.807) is 18.2 Å². The molecular formula is C20H21N3O3. The molecule has 0 radical (unpaired) electrons. The molecule has 1 aliphatic heterocycles. The lowest BCUT2D eigenvalue weighted by atomic mass is 10.0. The quantitative estimate of drug-likeness (QED) is 0.680. The summed E-state index contributed by atoms with van der Waals surface area (Å²) in [7, 11) is 0. The Bertz CT molecular complexity index is 890. The van der Waals surface area contributed by atoms with E-state index in [1.165, 1.54) is 16.0 Å². The fourth-order valence-electron chi connectivity index (χ4n) is 2.68. The van der Waals surface area contributed by atoms with E-state index in [-0.39, 0.29) is 25.0 Å². The summed E-state index contributed by atoms with van der Waals surface area (Å²) < 4.78 is 5.37. The molecule has 26 heavy (non-hydrogen) atoms. The molecule has 2 amide bonds. The number of hydrogen-bond donors (Lipinski definition) is 1. The fraction of sp³-hybridized carbons (Fsp3) is 0.250. The van der Waals surface area contributed by atoms with Crippen molar-refractivity contribution in [3.63, 3.8) is 0 Å². The van der Waals surface area contributed by atoms with E-state index in [0.717, 1.165) is 5.56 Å². The molecule has 2 aromatic carbocycles. The molecule has 2 aromatic rings. The van der Waals surface area contributed by atoms with Gasteiger partial charge in [0.1, 0.15) is 12.3 Å². The Labute approximate surface area is 152 Å². The van der Waals surface area contributed by atoms with Crippen LogP contribution < -0.4 is 15.1 Å². The van der Waals surface area contributed by atoms with Crippen LogP contribution in [0.15, 0.2) is 47.6 Å². The minimum absolute atomic E-state index is 0.0742. The predicted molar refractivity (Wildman–Crippen MR) is 101 cm³/mol. The van der Waals surface area contributed by atoms with Crippen molar-refractivity contribution in [2.75, 3.05) is 18.1 Å². The number of amides is 2. The second kappa shape index (κ2) is 7.39. The van der Waals surface area contributed by atoms with Gasteiger partial charge in [-0.05, 0) is 55.7 Å². The summed E-state index contributed by atoms with van der Waals surface area (Å²) in [5, 5.41) is 4.16. The summed E-state index contributed by atoms with van der Waals surface area (Å²) in [6.07, 6.45) is 0. The average Bonchev–Trinajstić information content (AvgIpc) is 2.64. The van der Waals surface area contributed by atoms with Gasteiger partial charge in [0.25, 0.3) is 11.8 Å². The SMILES string of the molecule is C/C(=N/NC(=O)CN1C(=O)COc2ccccc21)c1ccc(C)c(C)c1. The topological polar surface area (TPSA) is 71.0 Å². The number of para-hydroxylation sites is 2.